The van der Waals surface area contributed by atoms with Crippen molar-refractivity contribution in [3.05, 3.63) is 47.0 Å². The second-order valence-electron chi connectivity index (χ2n) is 4.10. The van der Waals surface area contributed by atoms with Crippen LogP contribution in [0.3, 0.4) is 0 Å². The predicted molar refractivity (Wildman–Crippen MR) is 65.4 cm³/mol. The molecule has 0 radical (unpaired) electrons. The molecule has 18 heavy (non-hydrogen) atoms. The molecule has 5 heteroatoms. The molecule has 0 bridgehead atoms. The summed E-state index contributed by atoms with van der Waals surface area (Å²) >= 11 is 0. The van der Waals surface area contributed by atoms with Crippen LogP contribution in [0.1, 0.15) is 19.4 Å². The molecule has 4 nitrogen and oxygen atoms in total. The fourth-order valence-corrected chi connectivity index (χ4v) is 1.39. The van der Waals surface area contributed by atoms with Crippen LogP contribution in [0.25, 0.3) is 0 Å². The summed E-state index contributed by atoms with van der Waals surface area (Å²) < 4.78 is 12.7. The third-order valence-corrected chi connectivity index (χ3v) is 2.40. The maximum Gasteiger partial charge on any atom is 0.341 e. The molecule has 0 saturated heterocycles. The summed E-state index contributed by atoms with van der Waals surface area (Å²) in [7, 11) is 0. The first kappa shape index (κ1) is 13.9. The number of aliphatic hydroxyl groups excluding tert-OH is 1. The van der Waals surface area contributed by atoms with Crippen molar-refractivity contribution < 1.29 is 19.4 Å². The molecule has 1 aromatic carbocycles. The zero-order chi connectivity index (χ0) is 13.9. The molecule has 0 aliphatic rings. The van der Waals surface area contributed by atoms with Gasteiger partial charge < -0.3 is 10.2 Å². The van der Waals surface area contributed by atoms with Crippen molar-refractivity contribution >= 4 is 11.7 Å². The average Bonchev–Trinajstić information content (AvgIpc) is 2.29. The standard InChI is InChI=1S/C13H14FNO3/c1-7(2)12(16)10(13(17)18)11(15)8-3-5-9(14)6-4-8/h3-7,15-16H,1-2H3,(H,17,18). The molecule has 0 aliphatic heterocycles. The first-order valence-electron chi connectivity index (χ1n) is 5.36. The monoisotopic (exact) mass is 251 g/mol. The lowest BCUT2D eigenvalue weighted by molar-refractivity contribution is -0.132. The van der Waals surface area contributed by atoms with Gasteiger partial charge in [0.15, 0.2) is 0 Å². The van der Waals surface area contributed by atoms with Gasteiger partial charge in [0.1, 0.15) is 17.1 Å². The number of aliphatic hydroxyl groups is 1. The highest BCUT2D eigenvalue weighted by molar-refractivity contribution is 6.25. The fourth-order valence-electron chi connectivity index (χ4n) is 1.39. The Morgan fingerprint density at radius 3 is 2.11 bits per heavy atom. The van der Waals surface area contributed by atoms with Crippen LogP contribution in [0.4, 0.5) is 4.39 Å². The topological polar surface area (TPSA) is 81.4 Å². The van der Waals surface area contributed by atoms with Gasteiger partial charge in [-0.2, -0.15) is 0 Å². The number of carboxylic acid groups (broad SMARTS) is 1. The Morgan fingerprint density at radius 1 is 1.22 bits per heavy atom. The summed E-state index contributed by atoms with van der Waals surface area (Å²) in [4.78, 5) is 11.1. The third-order valence-electron chi connectivity index (χ3n) is 2.40. The van der Waals surface area contributed by atoms with E-state index in [1.807, 2.05) is 0 Å². The van der Waals surface area contributed by atoms with E-state index >= 15 is 0 Å². The van der Waals surface area contributed by atoms with Crippen LogP contribution in [0, 0.1) is 17.1 Å². The predicted octanol–water partition coefficient (Wildman–Crippen LogP) is 2.75. The molecule has 0 atom stereocenters. The Kier molecular flexibility index (Phi) is 4.20. The molecule has 0 aliphatic carbocycles. The van der Waals surface area contributed by atoms with Crippen LogP contribution < -0.4 is 0 Å². The minimum absolute atomic E-state index is 0.237. The second kappa shape index (κ2) is 5.44. The smallest absolute Gasteiger partial charge is 0.341 e. The molecule has 0 aromatic heterocycles. The van der Waals surface area contributed by atoms with E-state index in [-0.39, 0.29) is 17.0 Å². The van der Waals surface area contributed by atoms with Gasteiger partial charge >= 0.3 is 5.97 Å². The van der Waals surface area contributed by atoms with E-state index in [2.05, 4.69) is 0 Å². The molecule has 0 heterocycles. The van der Waals surface area contributed by atoms with Gasteiger partial charge in [0, 0.05) is 11.5 Å². The van der Waals surface area contributed by atoms with Gasteiger partial charge in [-0.05, 0) is 24.3 Å². The van der Waals surface area contributed by atoms with Gasteiger partial charge in [-0.25, -0.2) is 9.18 Å². The molecule has 0 amide bonds. The lowest BCUT2D eigenvalue weighted by Gasteiger charge is -2.11. The van der Waals surface area contributed by atoms with E-state index in [0.717, 1.165) is 12.1 Å². The number of nitrogens with one attached hydrogen (secondary N) is 1. The quantitative estimate of drug-likeness (QED) is 0.437. The summed E-state index contributed by atoms with van der Waals surface area (Å²) in [6.45, 7) is 3.24. The number of hydrogen-bond acceptors (Lipinski definition) is 3. The number of aliphatic carboxylic acids is 1. The maximum atomic E-state index is 12.7. The van der Waals surface area contributed by atoms with Crippen LogP contribution >= 0.6 is 0 Å². The Hall–Kier alpha value is -2.17. The Bertz CT molecular complexity index is 503. The molecule has 0 unspecified atom stereocenters. The molecular formula is C13H14FNO3. The highest BCUT2D eigenvalue weighted by Crippen LogP contribution is 2.17. The van der Waals surface area contributed by atoms with E-state index in [9.17, 15) is 14.3 Å². The Balaban J connectivity index is 3.24. The minimum atomic E-state index is -1.38. The molecule has 0 saturated carbocycles. The average molecular weight is 251 g/mol. The minimum Gasteiger partial charge on any atom is -0.511 e. The van der Waals surface area contributed by atoms with E-state index in [1.54, 1.807) is 13.8 Å². The number of benzene rings is 1. The van der Waals surface area contributed by atoms with Crippen molar-refractivity contribution in [1.82, 2.24) is 0 Å². The molecule has 0 spiro atoms. The number of carbonyl (C=O) groups is 1. The zero-order valence-electron chi connectivity index (χ0n) is 10.1. The molecule has 0 fully saturated rings. The maximum absolute atomic E-state index is 12.7. The van der Waals surface area contributed by atoms with Crippen LogP contribution in [-0.2, 0) is 4.79 Å². The highest BCUT2D eigenvalue weighted by atomic mass is 19.1. The van der Waals surface area contributed by atoms with Gasteiger partial charge in [-0.3, -0.25) is 5.41 Å². The number of hydrogen-bond donors (Lipinski definition) is 3. The molecule has 1 rings (SSSR count). The summed E-state index contributed by atoms with van der Waals surface area (Å²) in [5, 5.41) is 26.6. The van der Waals surface area contributed by atoms with Crippen molar-refractivity contribution in [3.8, 4) is 0 Å². The van der Waals surface area contributed by atoms with E-state index < -0.39 is 23.3 Å². The first-order valence-corrected chi connectivity index (χ1v) is 5.36. The van der Waals surface area contributed by atoms with Gasteiger partial charge in [-0.1, -0.05) is 13.8 Å². The summed E-state index contributed by atoms with van der Waals surface area (Å²) in [6.07, 6.45) is 0. The van der Waals surface area contributed by atoms with Gasteiger partial charge in [0.25, 0.3) is 0 Å². The van der Waals surface area contributed by atoms with Crippen molar-refractivity contribution in [1.29, 1.82) is 5.41 Å². The normalized spacial score (nSPS) is 12.2. The summed E-state index contributed by atoms with van der Waals surface area (Å²) in [5.41, 5.74) is -0.564. The largest absolute Gasteiger partial charge is 0.511 e. The fraction of sp³-hybridized carbons (Fsp3) is 0.231. The number of allylic oxidation sites excluding steroid dienone is 1. The van der Waals surface area contributed by atoms with Crippen molar-refractivity contribution in [2.24, 2.45) is 5.92 Å². The Labute approximate surface area is 104 Å². The molecule has 1 aromatic rings. The van der Waals surface area contributed by atoms with Crippen molar-refractivity contribution in [2.45, 2.75) is 13.8 Å². The lowest BCUT2D eigenvalue weighted by atomic mass is 9.97. The van der Waals surface area contributed by atoms with E-state index in [4.69, 9.17) is 10.5 Å². The second-order valence-corrected chi connectivity index (χ2v) is 4.10. The number of rotatable bonds is 4. The zero-order valence-corrected chi connectivity index (χ0v) is 10.1. The summed E-state index contributed by atoms with van der Waals surface area (Å²) in [6, 6.07) is 4.87. The van der Waals surface area contributed by atoms with Crippen LogP contribution in [0.2, 0.25) is 0 Å². The molecule has 96 valence electrons. The number of halogens is 1. The molecule has 3 N–H and O–H groups in total. The van der Waals surface area contributed by atoms with Crippen molar-refractivity contribution in [3.63, 3.8) is 0 Å². The van der Waals surface area contributed by atoms with Crippen LogP contribution in [-0.4, -0.2) is 21.9 Å². The SMILES string of the molecule is CC(C)C(O)=C(C(=N)c1ccc(F)cc1)C(=O)O. The van der Waals surface area contributed by atoms with Gasteiger partial charge in [-0.15, -0.1) is 0 Å². The van der Waals surface area contributed by atoms with Gasteiger partial charge in [0.05, 0.1) is 5.71 Å². The van der Waals surface area contributed by atoms with Crippen LogP contribution in [0.5, 0.6) is 0 Å². The van der Waals surface area contributed by atoms with Crippen LogP contribution in [0.15, 0.2) is 35.6 Å². The third kappa shape index (κ3) is 2.94. The van der Waals surface area contributed by atoms with Crippen molar-refractivity contribution in [2.75, 3.05) is 0 Å². The summed E-state index contributed by atoms with van der Waals surface area (Å²) in [5.74, 6) is -2.62. The number of carboxylic acids is 1. The molecular weight excluding hydrogens is 237 g/mol. The Morgan fingerprint density at radius 2 is 1.72 bits per heavy atom. The lowest BCUT2D eigenvalue weighted by Crippen LogP contribution is -2.17. The van der Waals surface area contributed by atoms with E-state index in [1.165, 1.54) is 12.1 Å². The van der Waals surface area contributed by atoms with E-state index in [0.29, 0.717) is 0 Å². The first-order chi connectivity index (χ1) is 8.34. The highest BCUT2D eigenvalue weighted by Gasteiger charge is 2.22. The van der Waals surface area contributed by atoms with Gasteiger partial charge in [0.2, 0.25) is 0 Å².